The van der Waals surface area contributed by atoms with Crippen LogP contribution in [0.1, 0.15) is 47.1 Å². The Morgan fingerprint density at radius 1 is 1.22 bits per heavy atom. The Balaban J connectivity index is 2.13. The number of carbonyl (C=O) groups excluding carboxylic acids is 1. The summed E-state index contributed by atoms with van der Waals surface area (Å²) in [5.41, 5.74) is 0.881. The second kappa shape index (κ2) is 6.46. The highest BCUT2D eigenvalue weighted by Gasteiger charge is 2.51. The van der Waals surface area contributed by atoms with Crippen molar-refractivity contribution in [2.24, 2.45) is 0 Å². The molecule has 23 heavy (non-hydrogen) atoms. The van der Waals surface area contributed by atoms with Crippen LogP contribution in [0, 0.1) is 0 Å². The van der Waals surface area contributed by atoms with Gasteiger partial charge >= 0.3 is 7.12 Å². The zero-order chi connectivity index (χ0) is 17.4. The molecule has 1 N–H and O–H groups in total. The largest absolute Gasteiger partial charge is 0.494 e. The standard InChI is InChI=1S/C17H25BClNO3/c1-11(2)20-15(21)9-12-7-8-13(10-14(12)19)18-22-16(3,4)17(5,6)23-18/h7-8,10-11H,9H2,1-6H3,(H,20,21). The van der Waals surface area contributed by atoms with Gasteiger partial charge in [-0.1, -0.05) is 23.7 Å². The van der Waals surface area contributed by atoms with Crippen molar-refractivity contribution in [3.05, 3.63) is 28.8 Å². The quantitative estimate of drug-likeness (QED) is 0.859. The smallest absolute Gasteiger partial charge is 0.399 e. The number of amides is 1. The maximum atomic E-state index is 11.9. The van der Waals surface area contributed by atoms with Crippen LogP contribution in [0.3, 0.4) is 0 Å². The molecule has 1 heterocycles. The number of rotatable bonds is 4. The molecule has 0 spiro atoms. The van der Waals surface area contributed by atoms with Gasteiger partial charge in [0.05, 0.1) is 17.6 Å². The van der Waals surface area contributed by atoms with Crippen LogP contribution >= 0.6 is 11.6 Å². The number of halogens is 1. The average Bonchev–Trinajstić information content (AvgIpc) is 2.60. The van der Waals surface area contributed by atoms with Gasteiger partial charge in [0, 0.05) is 11.1 Å². The zero-order valence-electron chi connectivity index (χ0n) is 14.7. The first-order chi connectivity index (χ1) is 10.5. The predicted octanol–water partition coefficient (Wildman–Crippen LogP) is 2.71. The van der Waals surface area contributed by atoms with Crippen molar-refractivity contribution in [1.29, 1.82) is 0 Å². The first-order valence-corrected chi connectivity index (χ1v) is 8.33. The van der Waals surface area contributed by atoms with Gasteiger partial charge in [0.25, 0.3) is 0 Å². The molecule has 0 aromatic heterocycles. The van der Waals surface area contributed by atoms with E-state index in [-0.39, 0.29) is 29.6 Å². The Labute approximate surface area is 144 Å². The lowest BCUT2D eigenvalue weighted by atomic mass is 9.78. The van der Waals surface area contributed by atoms with Crippen molar-refractivity contribution < 1.29 is 14.1 Å². The number of carbonyl (C=O) groups is 1. The fourth-order valence-corrected chi connectivity index (χ4v) is 2.63. The van der Waals surface area contributed by atoms with Crippen LogP contribution in [-0.4, -0.2) is 30.3 Å². The summed E-state index contributed by atoms with van der Waals surface area (Å²) in [5, 5.41) is 3.41. The van der Waals surface area contributed by atoms with Gasteiger partial charge in [0.2, 0.25) is 5.91 Å². The first kappa shape index (κ1) is 18.3. The highest BCUT2D eigenvalue weighted by Crippen LogP contribution is 2.36. The zero-order valence-corrected chi connectivity index (χ0v) is 15.5. The Bertz CT molecular complexity index is 586. The Morgan fingerprint density at radius 3 is 2.26 bits per heavy atom. The van der Waals surface area contributed by atoms with Crippen LogP contribution < -0.4 is 10.8 Å². The number of nitrogens with one attached hydrogen (secondary N) is 1. The molecular weight excluding hydrogens is 312 g/mol. The molecular formula is C17H25BClNO3. The van der Waals surface area contributed by atoms with Crippen LogP contribution in [0.4, 0.5) is 0 Å². The molecule has 1 aromatic carbocycles. The van der Waals surface area contributed by atoms with E-state index in [1.807, 2.05) is 59.7 Å². The minimum absolute atomic E-state index is 0.0368. The van der Waals surface area contributed by atoms with Crippen LogP contribution in [0.25, 0.3) is 0 Å². The summed E-state index contributed by atoms with van der Waals surface area (Å²) < 4.78 is 12.0. The summed E-state index contributed by atoms with van der Waals surface area (Å²) in [6, 6.07) is 5.71. The Hall–Kier alpha value is -1.04. The van der Waals surface area contributed by atoms with E-state index in [0.717, 1.165) is 11.0 Å². The van der Waals surface area contributed by atoms with Crippen molar-refractivity contribution in [3.63, 3.8) is 0 Å². The molecule has 6 heteroatoms. The summed E-state index contributed by atoms with van der Waals surface area (Å²) in [7, 11) is -0.448. The molecule has 1 aliphatic rings. The predicted molar refractivity (Wildman–Crippen MR) is 94.2 cm³/mol. The van der Waals surface area contributed by atoms with E-state index in [1.165, 1.54) is 0 Å². The molecule has 0 saturated carbocycles. The molecule has 0 atom stereocenters. The van der Waals surface area contributed by atoms with Gasteiger partial charge in [0.1, 0.15) is 0 Å². The second-order valence-electron chi connectivity index (χ2n) is 7.34. The van der Waals surface area contributed by atoms with Gasteiger partial charge in [0.15, 0.2) is 0 Å². The lowest BCUT2D eigenvalue weighted by Crippen LogP contribution is -2.41. The molecule has 0 bridgehead atoms. The van der Waals surface area contributed by atoms with Crippen molar-refractivity contribution in [2.75, 3.05) is 0 Å². The number of benzene rings is 1. The molecule has 1 saturated heterocycles. The maximum Gasteiger partial charge on any atom is 0.494 e. The lowest BCUT2D eigenvalue weighted by molar-refractivity contribution is -0.120. The monoisotopic (exact) mass is 337 g/mol. The molecule has 1 amide bonds. The maximum absolute atomic E-state index is 11.9. The highest BCUT2D eigenvalue weighted by atomic mass is 35.5. The van der Waals surface area contributed by atoms with E-state index >= 15 is 0 Å². The third-order valence-electron chi connectivity index (χ3n) is 4.40. The topological polar surface area (TPSA) is 47.6 Å². The van der Waals surface area contributed by atoms with Gasteiger partial charge in [-0.3, -0.25) is 4.79 Å². The molecule has 1 aliphatic heterocycles. The number of hydrogen-bond acceptors (Lipinski definition) is 3. The lowest BCUT2D eigenvalue weighted by Gasteiger charge is -2.32. The van der Waals surface area contributed by atoms with E-state index in [0.29, 0.717) is 5.02 Å². The second-order valence-corrected chi connectivity index (χ2v) is 7.75. The van der Waals surface area contributed by atoms with Gasteiger partial charge in [-0.2, -0.15) is 0 Å². The molecule has 1 fully saturated rings. The summed E-state index contributed by atoms with van der Waals surface area (Å²) in [5.74, 6) is -0.0368. The Kier molecular flexibility index (Phi) is 5.14. The molecule has 0 radical (unpaired) electrons. The van der Waals surface area contributed by atoms with Crippen LogP contribution in [0.15, 0.2) is 18.2 Å². The highest BCUT2D eigenvalue weighted by molar-refractivity contribution is 6.62. The van der Waals surface area contributed by atoms with Gasteiger partial charge in [-0.05, 0) is 58.6 Å². The van der Waals surface area contributed by atoms with E-state index in [9.17, 15) is 4.79 Å². The number of hydrogen-bond donors (Lipinski definition) is 1. The third kappa shape index (κ3) is 4.08. The molecule has 4 nitrogen and oxygen atoms in total. The van der Waals surface area contributed by atoms with Crippen LogP contribution in [0.5, 0.6) is 0 Å². The summed E-state index contributed by atoms with van der Waals surface area (Å²) in [6.45, 7) is 11.9. The Morgan fingerprint density at radius 2 is 1.78 bits per heavy atom. The average molecular weight is 338 g/mol. The van der Waals surface area contributed by atoms with E-state index in [4.69, 9.17) is 20.9 Å². The summed E-state index contributed by atoms with van der Waals surface area (Å²) in [4.78, 5) is 11.9. The van der Waals surface area contributed by atoms with Crippen molar-refractivity contribution in [3.8, 4) is 0 Å². The minimum atomic E-state index is -0.448. The molecule has 0 aliphatic carbocycles. The van der Waals surface area contributed by atoms with Gasteiger partial charge in [-0.15, -0.1) is 0 Å². The van der Waals surface area contributed by atoms with Gasteiger partial charge < -0.3 is 14.6 Å². The molecule has 126 valence electrons. The minimum Gasteiger partial charge on any atom is -0.399 e. The third-order valence-corrected chi connectivity index (χ3v) is 4.76. The van der Waals surface area contributed by atoms with Crippen molar-refractivity contribution in [1.82, 2.24) is 5.32 Å². The van der Waals surface area contributed by atoms with E-state index in [1.54, 1.807) is 0 Å². The molecule has 0 unspecified atom stereocenters. The molecule has 2 rings (SSSR count). The van der Waals surface area contributed by atoms with Crippen molar-refractivity contribution in [2.45, 2.75) is 65.2 Å². The van der Waals surface area contributed by atoms with E-state index < -0.39 is 7.12 Å². The van der Waals surface area contributed by atoms with Gasteiger partial charge in [-0.25, -0.2) is 0 Å². The molecule has 1 aromatic rings. The summed E-state index contributed by atoms with van der Waals surface area (Å²) >= 11 is 6.34. The SMILES string of the molecule is CC(C)NC(=O)Cc1ccc(B2OC(C)(C)C(C)(C)O2)cc1Cl. The fourth-order valence-electron chi connectivity index (χ4n) is 2.38. The first-order valence-electron chi connectivity index (χ1n) is 7.95. The fraction of sp³-hybridized carbons (Fsp3) is 0.588. The summed E-state index contributed by atoms with van der Waals surface area (Å²) in [6.07, 6.45) is 0.265. The van der Waals surface area contributed by atoms with Crippen LogP contribution in [0.2, 0.25) is 5.02 Å². The van der Waals surface area contributed by atoms with E-state index in [2.05, 4.69) is 5.32 Å². The normalized spacial score (nSPS) is 19.2. The van der Waals surface area contributed by atoms with Crippen molar-refractivity contribution >= 4 is 30.1 Å². The van der Waals surface area contributed by atoms with Crippen LogP contribution in [-0.2, 0) is 20.5 Å².